The van der Waals surface area contributed by atoms with Gasteiger partial charge in [0.25, 0.3) is 0 Å². The van der Waals surface area contributed by atoms with E-state index < -0.39 is 23.3 Å². The van der Waals surface area contributed by atoms with Crippen molar-refractivity contribution < 1.29 is 14.6 Å². The molecule has 0 radical (unpaired) electrons. The molecule has 3 N–H and O–H groups in total. The van der Waals surface area contributed by atoms with Gasteiger partial charge in [0, 0.05) is 4.88 Å². The van der Waals surface area contributed by atoms with Crippen molar-refractivity contribution in [1.82, 2.24) is 4.90 Å². The van der Waals surface area contributed by atoms with Gasteiger partial charge in [-0.1, -0.05) is 0 Å². The van der Waals surface area contributed by atoms with Crippen LogP contribution in [0.5, 0.6) is 0 Å². The molecule has 1 unspecified atom stereocenters. The van der Waals surface area contributed by atoms with Crippen LogP contribution in [0.25, 0.3) is 0 Å². The van der Waals surface area contributed by atoms with Crippen molar-refractivity contribution in [3.05, 3.63) is 21.9 Å². The molecule has 1 aromatic heterocycles. The number of ether oxygens (including phenoxy) is 1. The van der Waals surface area contributed by atoms with Gasteiger partial charge >= 0.3 is 6.09 Å². The Labute approximate surface area is 123 Å². The second-order valence-corrected chi connectivity index (χ2v) is 7.52. The summed E-state index contributed by atoms with van der Waals surface area (Å²) in [5.41, 5.74) is 5.44. The van der Waals surface area contributed by atoms with Gasteiger partial charge < -0.3 is 20.5 Å². The number of carbonyl (C=O) groups is 1. The molecular formula is C14H22N2O3S. The summed E-state index contributed by atoms with van der Waals surface area (Å²) in [5, 5.41) is 12.4. The first-order valence-corrected chi connectivity index (χ1v) is 7.50. The van der Waals surface area contributed by atoms with Crippen LogP contribution in [0.4, 0.5) is 4.79 Å². The Morgan fingerprint density at radius 3 is 2.60 bits per heavy atom. The first-order chi connectivity index (χ1) is 9.11. The number of hydrogen-bond donors (Lipinski definition) is 2. The predicted octanol–water partition coefficient (Wildman–Crippen LogP) is 2.04. The van der Waals surface area contributed by atoms with Crippen LogP contribution in [0.2, 0.25) is 0 Å². The number of aryl methyl sites for hydroxylation is 1. The molecule has 2 rings (SSSR count). The highest BCUT2D eigenvalue weighted by Crippen LogP contribution is 2.34. The van der Waals surface area contributed by atoms with Crippen LogP contribution in [0.15, 0.2) is 11.4 Å². The molecule has 0 bridgehead atoms. The van der Waals surface area contributed by atoms with Crippen LogP contribution in [-0.4, -0.2) is 40.4 Å². The molecule has 1 atom stereocenters. The van der Waals surface area contributed by atoms with Gasteiger partial charge in [0.05, 0.1) is 19.1 Å². The number of nitrogens with two attached hydrogens (primary N) is 1. The Balaban J connectivity index is 1.95. The van der Waals surface area contributed by atoms with E-state index in [4.69, 9.17) is 10.5 Å². The molecule has 1 amide bonds. The lowest BCUT2D eigenvalue weighted by Crippen LogP contribution is -2.68. The Kier molecular flexibility index (Phi) is 3.83. The molecule has 20 heavy (non-hydrogen) atoms. The quantitative estimate of drug-likeness (QED) is 0.876. The van der Waals surface area contributed by atoms with Gasteiger partial charge in [-0.2, -0.15) is 0 Å². The van der Waals surface area contributed by atoms with Gasteiger partial charge in [0.15, 0.2) is 0 Å². The first kappa shape index (κ1) is 15.3. The second kappa shape index (κ2) is 5.02. The molecule has 0 aromatic carbocycles. The van der Waals surface area contributed by atoms with Crippen molar-refractivity contribution >= 4 is 17.4 Å². The van der Waals surface area contributed by atoms with Gasteiger partial charge in [-0.25, -0.2) is 4.79 Å². The van der Waals surface area contributed by atoms with Crippen molar-refractivity contribution in [3.63, 3.8) is 0 Å². The maximum Gasteiger partial charge on any atom is 0.410 e. The van der Waals surface area contributed by atoms with E-state index in [1.807, 2.05) is 39.1 Å². The molecule has 1 aliphatic heterocycles. The van der Waals surface area contributed by atoms with Crippen LogP contribution in [0.3, 0.4) is 0 Å². The van der Waals surface area contributed by atoms with Gasteiger partial charge in [0.2, 0.25) is 0 Å². The van der Waals surface area contributed by atoms with E-state index in [9.17, 15) is 9.90 Å². The zero-order valence-electron chi connectivity index (χ0n) is 12.3. The van der Waals surface area contributed by atoms with E-state index in [1.54, 1.807) is 11.3 Å². The highest BCUT2D eigenvalue weighted by atomic mass is 32.1. The van der Waals surface area contributed by atoms with Crippen LogP contribution in [-0.2, 0) is 4.74 Å². The Morgan fingerprint density at radius 1 is 1.55 bits per heavy atom. The number of rotatable bonds is 2. The standard InChI is InChI=1S/C14H22N2O3S/c1-9-5-10(6-20-9)11(15)14(18)7-16(8-14)12(17)19-13(2,3)4/h5-6,11,18H,7-8,15H2,1-4H3. The second-order valence-electron chi connectivity index (χ2n) is 6.41. The fourth-order valence-corrected chi connectivity index (χ4v) is 2.94. The Hall–Kier alpha value is -1.11. The molecule has 1 saturated heterocycles. The highest BCUT2D eigenvalue weighted by Gasteiger charge is 2.49. The Bertz CT molecular complexity index is 501. The third-order valence-corrected chi connectivity index (χ3v) is 4.15. The van der Waals surface area contributed by atoms with Gasteiger partial charge in [-0.05, 0) is 44.7 Å². The predicted molar refractivity (Wildman–Crippen MR) is 78.7 cm³/mol. The van der Waals surface area contributed by atoms with Crippen LogP contribution in [0.1, 0.15) is 37.3 Å². The smallest absolute Gasteiger partial charge is 0.410 e. The number of amides is 1. The number of carbonyl (C=O) groups excluding carboxylic acids is 1. The lowest BCUT2D eigenvalue weighted by Gasteiger charge is -2.49. The minimum absolute atomic E-state index is 0.206. The van der Waals surface area contributed by atoms with Gasteiger partial charge in [-0.15, -0.1) is 11.3 Å². The van der Waals surface area contributed by atoms with Gasteiger partial charge in [0.1, 0.15) is 11.2 Å². The fraction of sp³-hybridized carbons (Fsp3) is 0.643. The molecule has 6 heteroatoms. The van der Waals surface area contributed by atoms with Gasteiger partial charge in [-0.3, -0.25) is 0 Å². The lowest BCUT2D eigenvalue weighted by molar-refractivity contribution is -0.112. The molecule has 112 valence electrons. The van der Waals surface area contributed by atoms with Crippen LogP contribution < -0.4 is 5.73 Å². The minimum Gasteiger partial charge on any atom is -0.444 e. The molecule has 5 nitrogen and oxygen atoms in total. The molecule has 0 aliphatic carbocycles. The average Bonchev–Trinajstić information content (AvgIpc) is 2.68. The lowest BCUT2D eigenvalue weighted by atomic mass is 9.84. The SMILES string of the molecule is Cc1cc(C(N)C2(O)CN(C(=O)OC(C)(C)C)C2)cs1. The summed E-state index contributed by atoms with van der Waals surface area (Å²) in [6, 6.07) is 1.50. The Morgan fingerprint density at radius 2 is 2.15 bits per heavy atom. The molecule has 1 aliphatic rings. The maximum absolute atomic E-state index is 11.8. The number of thiophene rings is 1. The molecule has 1 aromatic rings. The van der Waals surface area contributed by atoms with Crippen molar-refractivity contribution in [2.24, 2.45) is 5.73 Å². The molecule has 0 saturated carbocycles. The summed E-state index contributed by atoms with van der Waals surface area (Å²) < 4.78 is 5.26. The van der Waals surface area contributed by atoms with E-state index in [1.165, 1.54) is 4.90 Å². The van der Waals surface area contributed by atoms with Crippen LogP contribution >= 0.6 is 11.3 Å². The maximum atomic E-state index is 11.8. The van der Waals surface area contributed by atoms with E-state index in [-0.39, 0.29) is 13.1 Å². The zero-order valence-corrected chi connectivity index (χ0v) is 13.2. The van der Waals surface area contributed by atoms with Crippen molar-refractivity contribution in [2.75, 3.05) is 13.1 Å². The highest BCUT2D eigenvalue weighted by molar-refractivity contribution is 7.10. The average molecular weight is 298 g/mol. The topological polar surface area (TPSA) is 75.8 Å². The third-order valence-electron chi connectivity index (χ3n) is 3.27. The summed E-state index contributed by atoms with van der Waals surface area (Å²) in [4.78, 5) is 14.5. The monoisotopic (exact) mass is 298 g/mol. The van der Waals surface area contributed by atoms with E-state index >= 15 is 0 Å². The summed E-state index contributed by atoms with van der Waals surface area (Å²) >= 11 is 1.60. The van der Waals surface area contributed by atoms with Crippen molar-refractivity contribution in [3.8, 4) is 0 Å². The molecular weight excluding hydrogens is 276 g/mol. The van der Waals surface area contributed by atoms with E-state index in [0.717, 1.165) is 10.4 Å². The summed E-state index contributed by atoms with van der Waals surface area (Å²) in [7, 11) is 0. The number of nitrogens with zero attached hydrogens (tertiary/aromatic N) is 1. The third kappa shape index (κ3) is 3.13. The van der Waals surface area contributed by atoms with E-state index in [0.29, 0.717) is 0 Å². The number of aliphatic hydroxyl groups is 1. The summed E-state index contributed by atoms with van der Waals surface area (Å²) in [6.07, 6.45) is -0.407. The van der Waals surface area contributed by atoms with Crippen molar-refractivity contribution in [1.29, 1.82) is 0 Å². The number of β-amino-alcohol motifs (C(OH)–C–C–N with tert-alkyl or cyclic N) is 1. The normalized spacial score (nSPS) is 19.4. The van der Waals surface area contributed by atoms with E-state index in [2.05, 4.69) is 0 Å². The molecule has 0 spiro atoms. The number of likely N-dealkylation sites (tertiary alicyclic amines) is 1. The molecule has 1 fully saturated rings. The fourth-order valence-electron chi connectivity index (χ4n) is 2.20. The summed E-state index contributed by atoms with van der Waals surface area (Å²) in [5.74, 6) is 0. The summed E-state index contributed by atoms with van der Waals surface area (Å²) in [6.45, 7) is 7.86. The first-order valence-electron chi connectivity index (χ1n) is 6.62. The largest absolute Gasteiger partial charge is 0.444 e. The van der Waals surface area contributed by atoms with Crippen LogP contribution in [0, 0.1) is 6.92 Å². The zero-order chi connectivity index (χ0) is 15.1. The minimum atomic E-state index is -1.07. The number of hydrogen-bond acceptors (Lipinski definition) is 5. The van der Waals surface area contributed by atoms with Crippen molar-refractivity contribution in [2.45, 2.75) is 44.9 Å². The molecule has 2 heterocycles.